The fraction of sp³-hybridized carbons (Fsp3) is 0.156. The zero-order chi connectivity index (χ0) is 40.7. The second-order valence-corrected chi connectivity index (χ2v) is 13.3. The molecule has 0 atom stereocenters. The predicted octanol–water partition coefficient (Wildman–Crippen LogP) is 11.6. The van der Waals surface area contributed by atoms with E-state index in [-0.39, 0.29) is 11.8 Å². The lowest BCUT2D eigenvalue weighted by atomic mass is 9.98. The van der Waals surface area contributed by atoms with E-state index in [1.54, 1.807) is 36.2 Å². The average Bonchev–Trinajstić information content (AvgIpc) is 3.20. The minimum Gasteiger partial charge on any atom is -0.355 e. The SMILES string of the molecule is CCNC(=O)c1ccc(-c2cc(CCN(C)C(=O)c3ccc(-c4ccccc4Nc4ccc(C(F)(F)F)cc4)cc3)ccc2Nc2ccc(C(F)(F)F)cc2)cc1. The number of carbonyl (C=O) groups excluding carboxylic acids is 2. The van der Waals surface area contributed by atoms with Crippen molar-refractivity contribution in [1.29, 1.82) is 0 Å². The summed E-state index contributed by atoms with van der Waals surface area (Å²) in [6.45, 7) is 2.69. The van der Waals surface area contributed by atoms with Gasteiger partial charge in [0.2, 0.25) is 0 Å². The number of nitrogens with one attached hydrogen (secondary N) is 3. The zero-order valence-corrected chi connectivity index (χ0v) is 30.9. The molecule has 0 saturated heterocycles. The van der Waals surface area contributed by atoms with Crippen molar-refractivity contribution in [2.45, 2.75) is 25.7 Å². The van der Waals surface area contributed by atoms with Gasteiger partial charge in [0.15, 0.2) is 0 Å². The molecule has 0 heterocycles. The topological polar surface area (TPSA) is 73.5 Å². The van der Waals surface area contributed by atoms with Crippen LogP contribution in [0.2, 0.25) is 0 Å². The molecule has 2 amide bonds. The van der Waals surface area contributed by atoms with Crippen LogP contribution in [0.1, 0.15) is 44.3 Å². The van der Waals surface area contributed by atoms with Gasteiger partial charge in [-0.2, -0.15) is 26.3 Å². The highest BCUT2D eigenvalue weighted by molar-refractivity contribution is 5.96. The molecule has 0 fully saturated rings. The number of rotatable bonds is 12. The molecule has 0 bridgehead atoms. The van der Waals surface area contributed by atoms with Crippen molar-refractivity contribution in [1.82, 2.24) is 10.2 Å². The normalized spacial score (nSPS) is 11.5. The smallest absolute Gasteiger partial charge is 0.355 e. The quantitative estimate of drug-likeness (QED) is 0.108. The van der Waals surface area contributed by atoms with Gasteiger partial charge in [-0.25, -0.2) is 0 Å². The number of halogens is 6. The highest BCUT2D eigenvalue weighted by atomic mass is 19.4. The van der Waals surface area contributed by atoms with Crippen LogP contribution in [0.4, 0.5) is 49.1 Å². The molecule has 0 aromatic heterocycles. The van der Waals surface area contributed by atoms with Gasteiger partial charge < -0.3 is 20.9 Å². The minimum absolute atomic E-state index is 0.195. The number of alkyl halides is 6. The van der Waals surface area contributed by atoms with E-state index >= 15 is 0 Å². The predicted molar refractivity (Wildman–Crippen MR) is 212 cm³/mol. The maximum atomic E-state index is 13.5. The van der Waals surface area contributed by atoms with Gasteiger partial charge >= 0.3 is 12.4 Å². The summed E-state index contributed by atoms with van der Waals surface area (Å²) in [5, 5.41) is 9.18. The van der Waals surface area contributed by atoms with Crippen LogP contribution < -0.4 is 16.0 Å². The summed E-state index contributed by atoms with van der Waals surface area (Å²) in [4.78, 5) is 27.5. The highest BCUT2D eigenvalue weighted by Gasteiger charge is 2.31. The Morgan fingerprint density at radius 3 is 1.60 bits per heavy atom. The zero-order valence-electron chi connectivity index (χ0n) is 30.9. The van der Waals surface area contributed by atoms with E-state index in [0.717, 1.165) is 52.1 Å². The van der Waals surface area contributed by atoms with E-state index in [9.17, 15) is 35.9 Å². The fourth-order valence-electron chi connectivity index (χ4n) is 6.21. The lowest BCUT2D eigenvalue weighted by Gasteiger charge is -2.19. The molecule has 0 aliphatic heterocycles. The number of para-hydroxylation sites is 1. The number of likely N-dealkylation sites (N-methyl/N-ethyl adjacent to an activating group) is 1. The van der Waals surface area contributed by atoms with Gasteiger partial charge in [0.25, 0.3) is 11.8 Å². The summed E-state index contributed by atoms with van der Waals surface area (Å²) >= 11 is 0. The fourth-order valence-corrected chi connectivity index (χ4v) is 6.21. The van der Waals surface area contributed by atoms with Crippen LogP contribution in [-0.4, -0.2) is 36.9 Å². The van der Waals surface area contributed by atoms with Crippen LogP contribution in [0.5, 0.6) is 0 Å². The van der Waals surface area contributed by atoms with Crippen molar-refractivity contribution < 1.29 is 35.9 Å². The number of anilines is 4. The molecule has 3 N–H and O–H groups in total. The summed E-state index contributed by atoms with van der Waals surface area (Å²) in [6.07, 6.45) is -8.39. The number of carbonyl (C=O) groups is 2. The van der Waals surface area contributed by atoms with Crippen LogP contribution in [0.25, 0.3) is 22.3 Å². The maximum Gasteiger partial charge on any atom is 0.416 e. The maximum absolute atomic E-state index is 13.5. The molecule has 6 nitrogen and oxygen atoms in total. The number of nitrogens with zero attached hydrogens (tertiary/aromatic N) is 1. The van der Waals surface area contributed by atoms with Crippen LogP contribution in [0, 0.1) is 0 Å². The first-order valence-corrected chi connectivity index (χ1v) is 18.0. The first-order valence-electron chi connectivity index (χ1n) is 18.0. The monoisotopic (exact) mass is 780 g/mol. The first-order chi connectivity index (χ1) is 27.2. The molecule has 12 heteroatoms. The van der Waals surface area contributed by atoms with Crippen LogP contribution in [0.15, 0.2) is 140 Å². The third-order valence-electron chi connectivity index (χ3n) is 9.31. The third-order valence-corrected chi connectivity index (χ3v) is 9.31. The van der Waals surface area contributed by atoms with Gasteiger partial charge in [-0.1, -0.05) is 48.5 Å². The lowest BCUT2D eigenvalue weighted by Crippen LogP contribution is -2.28. The highest BCUT2D eigenvalue weighted by Crippen LogP contribution is 2.36. The summed E-state index contributed by atoms with van der Waals surface area (Å²) in [6, 6.07) is 36.7. The Kier molecular flexibility index (Phi) is 12.0. The molecule has 0 aliphatic carbocycles. The van der Waals surface area contributed by atoms with Crippen LogP contribution in [-0.2, 0) is 18.8 Å². The Labute approximate surface area is 326 Å². The Hall–Kier alpha value is -6.56. The third kappa shape index (κ3) is 10.0. The van der Waals surface area contributed by atoms with Crippen molar-refractivity contribution in [2.24, 2.45) is 0 Å². The molecule has 0 radical (unpaired) electrons. The van der Waals surface area contributed by atoms with E-state index in [1.807, 2.05) is 73.7 Å². The van der Waals surface area contributed by atoms with Gasteiger partial charge in [-0.15, -0.1) is 0 Å². The van der Waals surface area contributed by atoms with E-state index in [2.05, 4.69) is 16.0 Å². The summed E-state index contributed by atoms with van der Waals surface area (Å²) in [7, 11) is 1.71. The Balaban J connectivity index is 1.16. The molecule has 57 heavy (non-hydrogen) atoms. The second-order valence-electron chi connectivity index (χ2n) is 13.3. The van der Waals surface area contributed by atoms with Crippen molar-refractivity contribution in [3.8, 4) is 22.3 Å². The molecule has 0 aliphatic rings. The van der Waals surface area contributed by atoms with E-state index < -0.39 is 23.5 Å². The van der Waals surface area contributed by atoms with Crippen LogP contribution >= 0.6 is 0 Å². The summed E-state index contributed by atoms with van der Waals surface area (Å²) in [5.74, 6) is -0.402. The molecule has 0 spiro atoms. The molecular formula is C45H38F6N4O2. The van der Waals surface area contributed by atoms with Gasteiger partial charge in [-0.05, 0) is 121 Å². The minimum atomic E-state index is -4.46. The van der Waals surface area contributed by atoms with Gasteiger partial charge in [-0.3, -0.25) is 9.59 Å². The van der Waals surface area contributed by atoms with Gasteiger partial charge in [0.1, 0.15) is 0 Å². The average molecular weight is 781 g/mol. The lowest BCUT2D eigenvalue weighted by molar-refractivity contribution is -0.138. The first kappa shape index (κ1) is 40.1. The largest absolute Gasteiger partial charge is 0.416 e. The van der Waals surface area contributed by atoms with E-state index in [0.29, 0.717) is 53.4 Å². The van der Waals surface area contributed by atoms with Crippen molar-refractivity contribution in [3.05, 3.63) is 167 Å². The Bertz CT molecular complexity index is 2320. The van der Waals surface area contributed by atoms with E-state index in [4.69, 9.17) is 0 Å². The van der Waals surface area contributed by atoms with Crippen molar-refractivity contribution in [3.63, 3.8) is 0 Å². The van der Waals surface area contributed by atoms with Crippen LogP contribution in [0.3, 0.4) is 0 Å². The number of hydrogen-bond donors (Lipinski definition) is 3. The summed E-state index contributed by atoms with van der Waals surface area (Å²) in [5.41, 5.74) is 5.81. The molecule has 6 rings (SSSR count). The number of amides is 2. The summed E-state index contributed by atoms with van der Waals surface area (Å²) < 4.78 is 78.7. The van der Waals surface area contributed by atoms with Crippen molar-refractivity contribution >= 4 is 34.6 Å². The molecular weight excluding hydrogens is 743 g/mol. The molecule has 6 aromatic rings. The number of hydrogen-bond acceptors (Lipinski definition) is 4. The number of benzene rings is 6. The molecule has 6 aromatic carbocycles. The van der Waals surface area contributed by atoms with Crippen molar-refractivity contribution in [2.75, 3.05) is 30.8 Å². The molecule has 0 unspecified atom stereocenters. The Morgan fingerprint density at radius 1 is 0.579 bits per heavy atom. The standard InChI is InChI=1S/C45H38F6N4O2/c1-3-52-42(56)32-13-9-31(10-14-32)39-28-29(8-25-41(39)54-37-23-19-35(20-24-37)45(49,50)51)26-27-55(2)43(57)33-15-11-30(12-16-33)38-6-4-5-7-40(38)53-36-21-17-34(18-22-36)44(46,47)48/h4-25,28,53-54H,3,26-27H2,1-2H3,(H,52,56). The molecule has 292 valence electrons. The second kappa shape index (κ2) is 17.1. The van der Waals surface area contributed by atoms with E-state index in [1.165, 1.54) is 24.3 Å². The van der Waals surface area contributed by atoms with Gasteiger partial charge in [0.05, 0.1) is 11.1 Å². The Morgan fingerprint density at radius 2 is 1.07 bits per heavy atom. The van der Waals surface area contributed by atoms with Gasteiger partial charge in [0, 0.05) is 65.1 Å². The molecule has 0 saturated carbocycles.